The van der Waals surface area contributed by atoms with Crippen LogP contribution in [0.4, 0.5) is 10.8 Å². The van der Waals surface area contributed by atoms with Gasteiger partial charge in [-0.05, 0) is 37.1 Å². The van der Waals surface area contributed by atoms with Gasteiger partial charge in [-0.15, -0.1) is 10.2 Å². The third kappa shape index (κ3) is 3.49. The van der Waals surface area contributed by atoms with Crippen molar-refractivity contribution >= 4 is 39.7 Å². The molecule has 8 heteroatoms. The van der Waals surface area contributed by atoms with Gasteiger partial charge in [0, 0.05) is 30.0 Å². The second kappa shape index (κ2) is 6.81. The van der Waals surface area contributed by atoms with Crippen LogP contribution in [0.1, 0.15) is 16.8 Å². The number of fused-ring (bicyclic) bond motifs is 1. The van der Waals surface area contributed by atoms with E-state index >= 15 is 0 Å². The van der Waals surface area contributed by atoms with Gasteiger partial charge < -0.3 is 5.32 Å². The van der Waals surface area contributed by atoms with Crippen molar-refractivity contribution in [1.29, 1.82) is 0 Å². The molecule has 1 N–H and O–H groups in total. The second-order valence-electron chi connectivity index (χ2n) is 5.59. The summed E-state index contributed by atoms with van der Waals surface area (Å²) in [5.41, 5.74) is 4.52. The Kier molecular flexibility index (Phi) is 4.37. The highest BCUT2D eigenvalue weighted by atomic mass is 32.2. The molecule has 4 rings (SSSR count). The number of thioether (sulfide) groups is 1. The smallest absolute Gasteiger partial charge is 0.233 e. The van der Waals surface area contributed by atoms with Crippen LogP contribution in [0.3, 0.4) is 0 Å². The van der Waals surface area contributed by atoms with E-state index in [9.17, 15) is 0 Å². The van der Waals surface area contributed by atoms with E-state index in [1.807, 2.05) is 28.9 Å². The lowest BCUT2D eigenvalue weighted by Crippen LogP contribution is -1.94. The zero-order valence-electron chi connectivity index (χ0n) is 13.8. The van der Waals surface area contributed by atoms with Gasteiger partial charge >= 0.3 is 0 Å². The van der Waals surface area contributed by atoms with E-state index in [1.165, 1.54) is 11.1 Å². The summed E-state index contributed by atoms with van der Waals surface area (Å²) in [5.74, 6) is 1.45. The number of nitrogens with zero attached hydrogens (tertiary/aromatic N) is 5. The van der Waals surface area contributed by atoms with Crippen molar-refractivity contribution in [2.45, 2.75) is 23.9 Å². The molecular weight excluding hydrogens is 352 g/mol. The lowest BCUT2D eigenvalue weighted by molar-refractivity contribution is 1.01. The molecule has 0 spiro atoms. The topological polar surface area (TPSA) is 68.0 Å². The van der Waals surface area contributed by atoms with E-state index in [4.69, 9.17) is 0 Å². The average Bonchev–Trinajstić information content (AvgIpc) is 3.23. The molecule has 25 heavy (non-hydrogen) atoms. The Morgan fingerprint density at radius 3 is 3.00 bits per heavy atom. The molecule has 0 saturated heterocycles. The molecule has 0 aliphatic rings. The van der Waals surface area contributed by atoms with Crippen LogP contribution in [0.15, 0.2) is 47.2 Å². The molecule has 4 aromatic rings. The van der Waals surface area contributed by atoms with Crippen molar-refractivity contribution in [3.8, 4) is 0 Å². The van der Waals surface area contributed by atoms with Crippen molar-refractivity contribution < 1.29 is 0 Å². The maximum atomic E-state index is 4.50. The number of aryl methyl sites for hydroxylation is 1. The molecule has 6 nitrogen and oxygen atoms in total. The van der Waals surface area contributed by atoms with E-state index in [1.54, 1.807) is 29.3 Å². The maximum absolute atomic E-state index is 4.50. The summed E-state index contributed by atoms with van der Waals surface area (Å²) in [6.07, 6.45) is 5.68. The Hall–Kier alpha value is -2.45. The van der Waals surface area contributed by atoms with Gasteiger partial charge in [-0.3, -0.25) is 4.40 Å². The fourth-order valence-electron chi connectivity index (χ4n) is 2.41. The van der Waals surface area contributed by atoms with Crippen LogP contribution in [-0.4, -0.2) is 24.6 Å². The molecule has 3 aromatic heterocycles. The van der Waals surface area contributed by atoms with Gasteiger partial charge in [0.2, 0.25) is 10.9 Å². The first-order valence-corrected chi connectivity index (χ1v) is 9.57. The predicted octanol–water partition coefficient (Wildman–Crippen LogP) is 4.23. The lowest BCUT2D eigenvalue weighted by atomic mass is 10.1. The number of hydrogen-bond donors (Lipinski definition) is 1. The molecule has 0 saturated carbocycles. The van der Waals surface area contributed by atoms with Gasteiger partial charge in [0.1, 0.15) is 0 Å². The van der Waals surface area contributed by atoms with E-state index in [0.29, 0.717) is 5.78 Å². The molecular formula is C17H16N6S2. The Bertz CT molecular complexity index is 990. The summed E-state index contributed by atoms with van der Waals surface area (Å²) >= 11 is 3.18. The molecule has 0 bridgehead atoms. The predicted molar refractivity (Wildman–Crippen MR) is 102 cm³/mol. The summed E-state index contributed by atoms with van der Waals surface area (Å²) in [6, 6.07) is 8.09. The van der Waals surface area contributed by atoms with Gasteiger partial charge in [0.05, 0.1) is 5.69 Å². The van der Waals surface area contributed by atoms with Crippen molar-refractivity contribution in [1.82, 2.24) is 24.6 Å². The molecule has 0 unspecified atom stereocenters. The largest absolute Gasteiger partial charge is 0.330 e. The summed E-state index contributed by atoms with van der Waals surface area (Å²) in [5, 5.41) is 12.6. The quantitative estimate of drug-likeness (QED) is 0.532. The van der Waals surface area contributed by atoms with Crippen LogP contribution in [-0.2, 0) is 5.75 Å². The van der Waals surface area contributed by atoms with Crippen LogP contribution >= 0.6 is 23.1 Å². The Balaban J connectivity index is 1.43. The first kappa shape index (κ1) is 16.0. The van der Waals surface area contributed by atoms with Gasteiger partial charge in [-0.25, -0.2) is 9.97 Å². The van der Waals surface area contributed by atoms with Crippen molar-refractivity contribution in [3.63, 3.8) is 0 Å². The SMILES string of the molecule is Cc1cccc(Nc2nnc(SCc3cn4cccnc4n3)s2)c1C. The fraction of sp³-hybridized carbons (Fsp3) is 0.176. The third-order valence-corrected chi connectivity index (χ3v) is 5.89. The molecule has 0 aliphatic heterocycles. The molecule has 3 heterocycles. The highest BCUT2D eigenvalue weighted by Crippen LogP contribution is 2.30. The van der Waals surface area contributed by atoms with Crippen molar-refractivity contribution in [3.05, 3.63) is 59.7 Å². The highest BCUT2D eigenvalue weighted by Gasteiger charge is 2.09. The van der Waals surface area contributed by atoms with Gasteiger partial charge in [-0.1, -0.05) is 35.2 Å². The molecule has 0 fully saturated rings. The van der Waals surface area contributed by atoms with Crippen LogP contribution in [0.25, 0.3) is 5.78 Å². The highest BCUT2D eigenvalue weighted by molar-refractivity contribution is 8.00. The second-order valence-corrected chi connectivity index (χ2v) is 7.79. The maximum Gasteiger partial charge on any atom is 0.233 e. The number of anilines is 2. The number of aromatic nitrogens is 5. The van der Waals surface area contributed by atoms with Crippen LogP contribution in [0.2, 0.25) is 0 Å². The standard InChI is InChI=1S/C17H16N6S2/c1-11-5-3-6-14(12(11)2)20-16-21-22-17(25-16)24-10-13-9-23-8-4-7-18-15(23)19-13/h3-9H,10H2,1-2H3,(H,20,21). The number of benzene rings is 1. The summed E-state index contributed by atoms with van der Waals surface area (Å²) in [7, 11) is 0. The summed E-state index contributed by atoms with van der Waals surface area (Å²) in [6.45, 7) is 4.21. The van der Waals surface area contributed by atoms with E-state index in [2.05, 4.69) is 51.5 Å². The Morgan fingerprint density at radius 2 is 2.12 bits per heavy atom. The third-order valence-electron chi connectivity index (χ3n) is 3.88. The molecule has 1 aromatic carbocycles. The minimum Gasteiger partial charge on any atom is -0.330 e. The first-order valence-electron chi connectivity index (χ1n) is 7.77. The minimum absolute atomic E-state index is 0.715. The minimum atomic E-state index is 0.715. The molecule has 0 aliphatic carbocycles. The summed E-state index contributed by atoms with van der Waals surface area (Å²) < 4.78 is 2.83. The van der Waals surface area contributed by atoms with Gasteiger partial charge in [-0.2, -0.15) is 0 Å². The Morgan fingerprint density at radius 1 is 1.20 bits per heavy atom. The lowest BCUT2D eigenvalue weighted by Gasteiger charge is -2.08. The zero-order valence-corrected chi connectivity index (χ0v) is 15.4. The molecule has 126 valence electrons. The van der Waals surface area contributed by atoms with Crippen molar-refractivity contribution in [2.75, 3.05) is 5.32 Å². The summed E-state index contributed by atoms with van der Waals surface area (Å²) in [4.78, 5) is 8.73. The number of imidazole rings is 1. The molecule has 0 radical (unpaired) electrons. The average molecular weight is 368 g/mol. The fourth-order valence-corrected chi connectivity index (χ4v) is 4.05. The number of hydrogen-bond acceptors (Lipinski definition) is 7. The van der Waals surface area contributed by atoms with E-state index < -0.39 is 0 Å². The van der Waals surface area contributed by atoms with Gasteiger partial charge in [0.15, 0.2) is 4.34 Å². The van der Waals surface area contributed by atoms with Crippen molar-refractivity contribution in [2.24, 2.45) is 0 Å². The van der Waals surface area contributed by atoms with E-state index in [-0.39, 0.29) is 0 Å². The zero-order chi connectivity index (χ0) is 17.2. The molecule has 0 amide bonds. The normalized spacial score (nSPS) is 11.1. The molecule has 0 atom stereocenters. The number of rotatable bonds is 5. The van der Waals surface area contributed by atoms with Crippen LogP contribution < -0.4 is 5.32 Å². The van der Waals surface area contributed by atoms with E-state index in [0.717, 1.165) is 26.6 Å². The van der Waals surface area contributed by atoms with Crippen LogP contribution in [0.5, 0.6) is 0 Å². The number of nitrogens with one attached hydrogen (secondary N) is 1. The van der Waals surface area contributed by atoms with Crippen LogP contribution in [0, 0.1) is 13.8 Å². The monoisotopic (exact) mass is 368 g/mol. The first-order chi connectivity index (χ1) is 12.2. The van der Waals surface area contributed by atoms with Gasteiger partial charge in [0.25, 0.3) is 0 Å². The Labute approximate surface area is 153 Å².